The molecule has 0 saturated heterocycles. The van der Waals surface area contributed by atoms with Crippen LogP contribution in [0.15, 0.2) is 18.2 Å². The van der Waals surface area contributed by atoms with Gasteiger partial charge in [0.25, 0.3) is 0 Å². The van der Waals surface area contributed by atoms with Crippen LogP contribution < -0.4 is 0 Å². The smallest absolute Gasteiger partial charge is 0.217 e. The largest absolute Gasteiger partial charge is 0.504 e. The van der Waals surface area contributed by atoms with E-state index in [9.17, 15) is 15.0 Å². The highest BCUT2D eigenvalue weighted by molar-refractivity contribution is 5.97. The summed E-state index contributed by atoms with van der Waals surface area (Å²) in [5.74, 6) is 0.0227. The monoisotopic (exact) mass is 252 g/mol. The Bertz CT molecular complexity index is 439. The third kappa shape index (κ3) is 4.04. The second kappa shape index (κ2) is 5.40. The summed E-state index contributed by atoms with van der Waals surface area (Å²) in [5, 5.41) is 18.6. The van der Waals surface area contributed by atoms with Crippen molar-refractivity contribution in [1.29, 1.82) is 0 Å². The Balaban J connectivity index is 2.79. The van der Waals surface area contributed by atoms with Gasteiger partial charge in [0.05, 0.1) is 20.6 Å². The van der Waals surface area contributed by atoms with Crippen LogP contribution in [-0.2, 0) is 0 Å². The molecule has 2 N–H and O–H groups in total. The summed E-state index contributed by atoms with van der Waals surface area (Å²) >= 11 is 0. The molecule has 0 radical (unpaired) electrons. The minimum absolute atomic E-state index is 0.0315. The van der Waals surface area contributed by atoms with Crippen molar-refractivity contribution in [3.8, 4) is 11.5 Å². The Kier molecular flexibility index (Phi) is 4.35. The van der Waals surface area contributed by atoms with Crippen molar-refractivity contribution in [3.63, 3.8) is 0 Å². The SMILES string of the molecule is CC(C)C[N+](C)(C)CC(=O)c1ccc(O)c(O)c1. The molecule has 0 amide bonds. The third-order valence-corrected chi connectivity index (χ3v) is 2.73. The van der Waals surface area contributed by atoms with Gasteiger partial charge in [-0.05, 0) is 18.2 Å². The van der Waals surface area contributed by atoms with E-state index in [1.807, 2.05) is 14.1 Å². The predicted molar refractivity (Wildman–Crippen MR) is 70.8 cm³/mol. The molecule has 0 aliphatic rings. The highest BCUT2D eigenvalue weighted by Gasteiger charge is 2.22. The number of hydrogen-bond acceptors (Lipinski definition) is 3. The molecule has 1 aromatic carbocycles. The van der Waals surface area contributed by atoms with Gasteiger partial charge in [0, 0.05) is 11.5 Å². The van der Waals surface area contributed by atoms with E-state index in [0.717, 1.165) is 6.54 Å². The van der Waals surface area contributed by atoms with Gasteiger partial charge < -0.3 is 14.7 Å². The van der Waals surface area contributed by atoms with Crippen LogP contribution in [0.2, 0.25) is 0 Å². The lowest BCUT2D eigenvalue weighted by atomic mass is 10.1. The number of hydrogen-bond donors (Lipinski definition) is 2. The molecule has 18 heavy (non-hydrogen) atoms. The fourth-order valence-electron chi connectivity index (χ4n) is 2.23. The van der Waals surface area contributed by atoms with Crippen LogP contribution in [0.3, 0.4) is 0 Å². The normalized spacial score (nSPS) is 11.8. The average molecular weight is 252 g/mol. The van der Waals surface area contributed by atoms with E-state index in [-0.39, 0.29) is 17.3 Å². The van der Waals surface area contributed by atoms with Gasteiger partial charge in [-0.1, -0.05) is 13.8 Å². The fraction of sp³-hybridized carbons (Fsp3) is 0.500. The summed E-state index contributed by atoms with van der Waals surface area (Å²) in [6.45, 7) is 5.53. The maximum atomic E-state index is 12.1. The van der Waals surface area contributed by atoms with Gasteiger partial charge in [0.1, 0.15) is 6.54 Å². The molecule has 0 saturated carbocycles. The number of Topliss-reactive ketones (excluding diaryl/α,β-unsaturated/α-hetero) is 1. The van der Waals surface area contributed by atoms with Gasteiger partial charge in [-0.15, -0.1) is 0 Å². The Morgan fingerprint density at radius 2 is 1.83 bits per heavy atom. The molecule has 4 nitrogen and oxygen atoms in total. The lowest BCUT2D eigenvalue weighted by Crippen LogP contribution is -2.46. The van der Waals surface area contributed by atoms with Crippen molar-refractivity contribution < 1.29 is 19.5 Å². The number of nitrogens with zero attached hydrogens (tertiary/aromatic N) is 1. The van der Waals surface area contributed by atoms with E-state index in [0.29, 0.717) is 22.5 Å². The molecule has 0 heterocycles. The summed E-state index contributed by atoms with van der Waals surface area (Å²) in [7, 11) is 4.02. The second-order valence-electron chi connectivity index (χ2n) is 5.80. The topological polar surface area (TPSA) is 57.5 Å². The molecule has 1 rings (SSSR count). The molecule has 0 bridgehead atoms. The lowest BCUT2D eigenvalue weighted by molar-refractivity contribution is -0.884. The average Bonchev–Trinajstić information content (AvgIpc) is 2.19. The molecule has 0 aliphatic heterocycles. The molecular weight excluding hydrogens is 230 g/mol. The summed E-state index contributed by atoms with van der Waals surface area (Å²) in [5.41, 5.74) is 0.431. The first kappa shape index (κ1) is 14.5. The first-order chi connectivity index (χ1) is 8.21. The number of carbonyl (C=O) groups is 1. The first-order valence-electron chi connectivity index (χ1n) is 6.08. The van der Waals surface area contributed by atoms with Crippen LogP contribution in [0.25, 0.3) is 0 Å². The van der Waals surface area contributed by atoms with Crippen LogP contribution >= 0.6 is 0 Å². The molecule has 0 unspecified atom stereocenters. The predicted octanol–water partition coefficient (Wildman–Crippen LogP) is 2.01. The fourth-order valence-corrected chi connectivity index (χ4v) is 2.23. The maximum Gasteiger partial charge on any atom is 0.217 e. The number of benzene rings is 1. The highest BCUT2D eigenvalue weighted by atomic mass is 16.3. The number of carbonyl (C=O) groups excluding carboxylic acids is 1. The Morgan fingerprint density at radius 3 is 2.33 bits per heavy atom. The highest BCUT2D eigenvalue weighted by Crippen LogP contribution is 2.25. The van der Waals surface area contributed by atoms with E-state index in [2.05, 4.69) is 13.8 Å². The van der Waals surface area contributed by atoms with Crippen molar-refractivity contribution in [2.45, 2.75) is 13.8 Å². The third-order valence-electron chi connectivity index (χ3n) is 2.73. The summed E-state index contributed by atoms with van der Waals surface area (Å²) in [6, 6.07) is 4.19. The van der Waals surface area contributed by atoms with Gasteiger partial charge in [-0.3, -0.25) is 4.79 Å². The van der Waals surface area contributed by atoms with Gasteiger partial charge in [0.2, 0.25) is 5.78 Å². The summed E-state index contributed by atoms with van der Waals surface area (Å²) < 4.78 is 0.609. The molecule has 0 aromatic heterocycles. The van der Waals surface area contributed by atoms with Crippen molar-refractivity contribution in [3.05, 3.63) is 23.8 Å². The minimum Gasteiger partial charge on any atom is -0.504 e. The number of phenolic OH excluding ortho intramolecular Hbond substituents is 2. The Morgan fingerprint density at radius 1 is 1.22 bits per heavy atom. The van der Waals surface area contributed by atoms with Crippen molar-refractivity contribution in [2.24, 2.45) is 5.92 Å². The number of quaternary nitrogens is 1. The standard InChI is InChI=1S/C14H21NO3/c1-10(2)8-15(3,4)9-14(18)11-5-6-12(16)13(17)7-11/h5-7,10H,8-9H2,1-4H3,(H-,16,17,18)/p+1. The van der Waals surface area contributed by atoms with Crippen molar-refractivity contribution >= 4 is 5.78 Å². The van der Waals surface area contributed by atoms with Gasteiger partial charge >= 0.3 is 0 Å². The number of likely N-dealkylation sites (N-methyl/N-ethyl adjacent to an activating group) is 1. The molecule has 1 aromatic rings. The lowest BCUT2D eigenvalue weighted by Gasteiger charge is -2.30. The molecular formula is C14H22NO3+. The summed E-state index contributed by atoms with van der Waals surface area (Å²) in [6.07, 6.45) is 0. The van der Waals surface area contributed by atoms with Crippen LogP contribution in [0, 0.1) is 5.92 Å². The Hall–Kier alpha value is -1.55. The maximum absolute atomic E-state index is 12.1. The second-order valence-corrected chi connectivity index (χ2v) is 5.80. The quantitative estimate of drug-likeness (QED) is 0.479. The number of phenols is 2. The van der Waals surface area contributed by atoms with Gasteiger partial charge in [0.15, 0.2) is 11.5 Å². The van der Waals surface area contributed by atoms with Crippen LogP contribution in [0.1, 0.15) is 24.2 Å². The molecule has 100 valence electrons. The zero-order chi connectivity index (χ0) is 13.9. The minimum atomic E-state index is -0.255. The first-order valence-corrected chi connectivity index (χ1v) is 6.08. The van der Waals surface area contributed by atoms with Crippen LogP contribution in [-0.4, -0.2) is 47.7 Å². The molecule has 4 heteroatoms. The van der Waals surface area contributed by atoms with E-state index in [1.54, 1.807) is 0 Å². The van der Waals surface area contributed by atoms with E-state index >= 15 is 0 Å². The van der Waals surface area contributed by atoms with Crippen LogP contribution in [0.4, 0.5) is 0 Å². The number of rotatable bonds is 5. The molecule has 0 spiro atoms. The zero-order valence-electron chi connectivity index (χ0n) is 11.5. The van der Waals surface area contributed by atoms with Crippen LogP contribution in [0.5, 0.6) is 11.5 Å². The van der Waals surface area contributed by atoms with E-state index in [4.69, 9.17) is 0 Å². The summed E-state index contributed by atoms with van der Waals surface area (Å²) in [4.78, 5) is 12.1. The number of aromatic hydroxyl groups is 2. The van der Waals surface area contributed by atoms with Crippen molar-refractivity contribution in [2.75, 3.05) is 27.2 Å². The Labute approximate surface area is 108 Å². The zero-order valence-corrected chi connectivity index (χ0v) is 11.5. The van der Waals surface area contributed by atoms with E-state index < -0.39 is 0 Å². The molecule has 0 atom stereocenters. The van der Waals surface area contributed by atoms with Crippen molar-refractivity contribution in [1.82, 2.24) is 0 Å². The molecule has 0 fully saturated rings. The van der Waals surface area contributed by atoms with E-state index in [1.165, 1.54) is 18.2 Å². The molecule has 0 aliphatic carbocycles. The van der Waals surface area contributed by atoms with Gasteiger partial charge in [-0.25, -0.2) is 0 Å². The number of ketones is 1. The van der Waals surface area contributed by atoms with Gasteiger partial charge in [-0.2, -0.15) is 0 Å².